The molecule has 0 unspecified atom stereocenters. The van der Waals surface area contributed by atoms with E-state index < -0.39 is 5.97 Å². The van der Waals surface area contributed by atoms with Gasteiger partial charge in [-0.2, -0.15) is 0 Å². The number of rotatable bonds is 3. The summed E-state index contributed by atoms with van der Waals surface area (Å²) in [7, 11) is 0. The molecule has 0 radical (unpaired) electrons. The number of hydrogen-bond donors (Lipinski definition) is 3. The summed E-state index contributed by atoms with van der Waals surface area (Å²) in [5, 5.41) is 21.5. The molecule has 0 bridgehead atoms. The molecule has 0 aromatic heterocycles. The van der Waals surface area contributed by atoms with E-state index in [1.807, 2.05) is 12.1 Å². The molecule has 3 N–H and O–H groups in total. The summed E-state index contributed by atoms with van der Waals surface area (Å²) < 4.78 is 1.72. The van der Waals surface area contributed by atoms with Gasteiger partial charge in [-0.15, -0.1) is 0 Å². The highest BCUT2D eigenvalue weighted by Crippen LogP contribution is 2.27. The predicted molar refractivity (Wildman–Crippen MR) is 99.6 cm³/mol. The minimum atomic E-state index is -1.25. The van der Waals surface area contributed by atoms with E-state index in [1.54, 1.807) is 13.0 Å². The molecular weight excluding hydrogens is 512 g/mol. The first kappa shape index (κ1) is 17.0. The maximum Gasteiger partial charge on any atom is 0.339 e. The van der Waals surface area contributed by atoms with Gasteiger partial charge in [0.05, 0.1) is 5.56 Å². The Kier molecular flexibility index (Phi) is 5.27. The topological polar surface area (TPSA) is 86.6 Å². The largest absolute Gasteiger partial charge is 0.507 e. The van der Waals surface area contributed by atoms with Crippen molar-refractivity contribution in [2.75, 3.05) is 5.32 Å². The molecule has 0 saturated carbocycles. The summed E-state index contributed by atoms with van der Waals surface area (Å²) in [4.78, 5) is 23.4. The summed E-state index contributed by atoms with van der Waals surface area (Å²) in [6, 6.07) is 8.25. The number of phenols is 1. The minimum Gasteiger partial charge on any atom is -0.507 e. The Morgan fingerprint density at radius 3 is 2.41 bits per heavy atom. The number of hydrogen-bond acceptors (Lipinski definition) is 3. The van der Waals surface area contributed by atoms with E-state index in [9.17, 15) is 14.7 Å². The number of aromatic hydroxyl groups is 1. The summed E-state index contributed by atoms with van der Waals surface area (Å²) >= 11 is 4.18. The highest BCUT2D eigenvalue weighted by molar-refractivity contribution is 14.1. The summed E-state index contributed by atoms with van der Waals surface area (Å²) in [5.74, 6) is -1.88. The lowest BCUT2D eigenvalue weighted by Gasteiger charge is -2.11. The second kappa shape index (κ2) is 6.82. The number of carboxylic acid groups (broad SMARTS) is 1. The molecule has 0 heterocycles. The van der Waals surface area contributed by atoms with E-state index in [0.717, 1.165) is 7.14 Å². The van der Waals surface area contributed by atoms with Crippen molar-refractivity contribution in [1.82, 2.24) is 0 Å². The molecule has 2 aromatic rings. The predicted octanol–water partition coefficient (Wildman–Crippen LogP) is 3.86. The van der Waals surface area contributed by atoms with Crippen LogP contribution in [-0.4, -0.2) is 22.1 Å². The fourth-order valence-corrected chi connectivity index (χ4v) is 2.96. The van der Waals surface area contributed by atoms with Gasteiger partial charge in [0.1, 0.15) is 11.3 Å². The van der Waals surface area contributed by atoms with Gasteiger partial charge in [0.15, 0.2) is 0 Å². The molecule has 114 valence electrons. The zero-order valence-corrected chi connectivity index (χ0v) is 15.7. The van der Waals surface area contributed by atoms with Crippen LogP contribution in [0.1, 0.15) is 26.3 Å². The maximum atomic E-state index is 12.3. The number of aromatic carboxylic acids is 1. The number of anilines is 1. The van der Waals surface area contributed by atoms with Crippen LogP contribution >= 0.6 is 45.2 Å². The van der Waals surface area contributed by atoms with E-state index in [1.165, 1.54) is 12.1 Å². The van der Waals surface area contributed by atoms with Crippen molar-refractivity contribution in [2.45, 2.75) is 6.92 Å². The second-order valence-corrected chi connectivity index (χ2v) is 6.98. The zero-order valence-electron chi connectivity index (χ0n) is 11.4. The highest BCUT2D eigenvalue weighted by atomic mass is 127. The van der Waals surface area contributed by atoms with Crippen LogP contribution in [0.3, 0.4) is 0 Å². The molecule has 1 amide bonds. The van der Waals surface area contributed by atoms with Gasteiger partial charge in [-0.3, -0.25) is 4.79 Å². The third-order valence-corrected chi connectivity index (χ3v) is 4.57. The number of carbonyl (C=O) groups is 2. The second-order valence-electron chi connectivity index (χ2n) is 4.57. The third kappa shape index (κ3) is 3.69. The molecule has 0 saturated heterocycles. The van der Waals surface area contributed by atoms with Crippen molar-refractivity contribution < 1.29 is 19.8 Å². The van der Waals surface area contributed by atoms with Crippen LogP contribution in [0, 0.1) is 14.1 Å². The minimum absolute atomic E-state index is 0.243. The maximum absolute atomic E-state index is 12.3. The van der Waals surface area contributed by atoms with E-state index in [4.69, 9.17) is 5.11 Å². The number of halogens is 2. The Balaban J connectivity index is 2.36. The van der Waals surface area contributed by atoms with Crippen molar-refractivity contribution >= 4 is 62.7 Å². The monoisotopic (exact) mass is 523 g/mol. The molecule has 0 atom stereocenters. The van der Waals surface area contributed by atoms with E-state index >= 15 is 0 Å². The van der Waals surface area contributed by atoms with E-state index in [-0.39, 0.29) is 17.2 Å². The fourth-order valence-electron chi connectivity index (χ4n) is 1.88. The fraction of sp³-hybridized carbons (Fsp3) is 0.0667. The summed E-state index contributed by atoms with van der Waals surface area (Å²) in [6.45, 7) is 1.58. The van der Waals surface area contributed by atoms with Gasteiger partial charge in [0.25, 0.3) is 5.91 Å². The molecule has 2 rings (SSSR count). The summed E-state index contributed by atoms with van der Waals surface area (Å²) in [5.41, 5.74) is 0.975. The van der Waals surface area contributed by atoms with Crippen LogP contribution in [0.15, 0.2) is 30.3 Å². The van der Waals surface area contributed by atoms with Gasteiger partial charge in [-0.1, -0.05) is 0 Å². The molecule has 0 aliphatic carbocycles. The van der Waals surface area contributed by atoms with Gasteiger partial charge in [-0.05, 0) is 88.0 Å². The number of carbonyl (C=O) groups excluding carboxylic acids is 1. The Morgan fingerprint density at radius 1 is 1.09 bits per heavy atom. The molecule has 2 aromatic carbocycles. The van der Waals surface area contributed by atoms with Gasteiger partial charge in [0.2, 0.25) is 0 Å². The normalized spacial score (nSPS) is 10.3. The Bertz CT molecular complexity index is 774. The molecule has 22 heavy (non-hydrogen) atoms. The van der Waals surface area contributed by atoms with Crippen molar-refractivity contribution in [3.63, 3.8) is 0 Å². The standard InChI is InChI=1S/C15H11I2NO4/c1-7-4-9(6-11(13(7)19)15(21)22)18-14(20)10-5-8(16)2-3-12(10)17/h2-6,19H,1H3,(H,18,20)(H,21,22). The van der Waals surface area contributed by atoms with Gasteiger partial charge < -0.3 is 15.5 Å². The van der Waals surface area contributed by atoms with Crippen LogP contribution in [0.2, 0.25) is 0 Å². The first-order chi connectivity index (χ1) is 10.3. The average molecular weight is 523 g/mol. The number of carboxylic acids is 1. The molecular formula is C15H11I2NO4. The Morgan fingerprint density at radius 2 is 1.77 bits per heavy atom. The number of amides is 1. The zero-order chi connectivity index (χ0) is 16.4. The molecule has 0 aliphatic heterocycles. The van der Waals surface area contributed by atoms with E-state index in [2.05, 4.69) is 50.5 Å². The quantitative estimate of drug-likeness (QED) is 0.422. The smallest absolute Gasteiger partial charge is 0.339 e. The number of aryl methyl sites for hydroxylation is 1. The summed E-state index contributed by atoms with van der Waals surface area (Å²) in [6.07, 6.45) is 0. The first-order valence-corrected chi connectivity index (χ1v) is 8.28. The SMILES string of the molecule is Cc1cc(NC(=O)c2cc(I)ccc2I)cc(C(=O)O)c1O. The van der Waals surface area contributed by atoms with Gasteiger partial charge >= 0.3 is 5.97 Å². The Labute approximate surface area is 154 Å². The number of nitrogens with one attached hydrogen (secondary N) is 1. The lowest BCUT2D eigenvalue weighted by Crippen LogP contribution is -2.14. The van der Waals surface area contributed by atoms with E-state index in [0.29, 0.717) is 16.8 Å². The average Bonchev–Trinajstić information content (AvgIpc) is 2.44. The number of benzene rings is 2. The molecule has 0 aliphatic rings. The van der Waals surface area contributed by atoms with Crippen LogP contribution in [-0.2, 0) is 0 Å². The van der Waals surface area contributed by atoms with Crippen LogP contribution < -0.4 is 5.32 Å². The van der Waals surface area contributed by atoms with Gasteiger partial charge in [-0.25, -0.2) is 4.79 Å². The van der Waals surface area contributed by atoms with Crippen LogP contribution in [0.4, 0.5) is 5.69 Å². The van der Waals surface area contributed by atoms with Crippen molar-refractivity contribution in [3.05, 3.63) is 54.2 Å². The lowest BCUT2D eigenvalue weighted by atomic mass is 10.1. The molecule has 0 fully saturated rings. The van der Waals surface area contributed by atoms with Crippen molar-refractivity contribution in [3.8, 4) is 5.75 Å². The lowest BCUT2D eigenvalue weighted by molar-refractivity contribution is 0.0693. The first-order valence-electron chi connectivity index (χ1n) is 6.13. The Hall–Kier alpha value is -1.36. The van der Waals surface area contributed by atoms with Crippen molar-refractivity contribution in [1.29, 1.82) is 0 Å². The van der Waals surface area contributed by atoms with Crippen molar-refractivity contribution in [2.24, 2.45) is 0 Å². The van der Waals surface area contributed by atoms with Crippen LogP contribution in [0.5, 0.6) is 5.75 Å². The highest BCUT2D eigenvalue weighted by Gasteiger charge is 2.16. The molecule has 5 nitrogen and oxygen atoms in total. The molecule has 0 spiro atoms. The molecule has 7 heteroatoms. The van der Waals surface area contributed by atoms with Gasteiger partial charge in [0, 0.05) is 12.8 Å². The van der Waals surface area contributed by atoms with Crippen LogP contribution in [0.25, 0.3) is 0 Å². The third-order valence-electron chi connectivity index (χ3n) is 2.96.